The van der Waals surface area contributed by atoms with Crippen LogP contribution in [0.3, 0.4) is 0 Å². The standard InChI is InChI=1S/C15H18BrN3S2/c1-19(2)13(14-7-4-8-21-14)10-17-15(20)18-12-6-3-5-11(16)9-12/h3-9,13H,10H2,1-2H3,(H2,17,18,20)/p+1/t13-/m1/s1. The monoisotopic (exact) mass is 384 g/mol. The van der Waals surface area contributed by atoms with Crippen LogP contribution in [-0.2, 0) is 0 Å². The van der Waals surface area contributed by atoms with E-state index in [1.165, 1.54) is 9.78 Å². The van der Waals surface area contributed by atoms with Gasteiger partial charge in [-0.05, 0) is 41.9 Å². The van der Waals surface area contributed by atoms with Crippen LogP contribution < -0.4 is 15.5 Å². The highest BCUT2D eigenvalue weighted by Crippen LogP contribution is 2.17. The zero-order chi connectivity index (χ0) is 15.2. The van der Waals surface area contributed by atoms with E-state index in [-0.39, 0.29) is 0 Å². The summed E-state index contributed by atoms with van der Waals surface area (Å²) in [6.07, 6.45) is 0. The highest BCUT2D eigenvalue weighted by Gasteiger charge is 2.18. The van der Waals surface area contributed by atoms with E-state index in [4.69, 9.17) is 12.2 Å². The second-order valence-corrected chi connectivity index (χ2v) is 7.29. The molecular weight excluding hydrogens is 366 g/mol. The normalized spacial score (nSPS) is 12.2. The topological polar surface area (TPSA) is 28.5 Å². The van der Waals surface area contributed by atoms with E-state index in [0.717, 1.165) is 16.7 Å². The molecule has 0 saturated carbocycles. The summed E-state index contributed by atoms with van der Waals surface area (Å²) in [4.78, 5) is 2.75. The van der Waals surface area contributed by atoms with Gasteiger partial charge in [-0.1, -0.05) is 28.1 Å². The van der Waals surface area contributed by atoms with E-state index < -0.39 is 0 Å². The fourth-order valence-corrected chi connectivity index (χ4v) is 3.57. The van der Waals surface area contributed by atoms with Crippen LogP contribution in [0.4, 0.5) is 5.69 Å². The number of anilines is 1. The molecule has 0 unspecified atom stereocenters. The largest absolute Gasteiger partial charge is 0.356 e. The van der Waals surface area contributed by atoms with E-state index in [1.807, 2.05) is 24.3 Å². The Morgan fingerprint density at radius 1 is 1.33 bits per heavy atom. The van der Waals surface area contributed by atoms with Gasteiger partial charge in [0, 0.05) is 10.2 Å². The maximum atomic E-state index is 5.37. The minimum atomic E-state index is 0.396. The van der Waals surface area contributed by atoms with Crippen molar-refractivity contribution in [3.63, 3.8) is 0 Å². The molecule has 3 N–H and O–H groups in total. The number of nitrogens with one attached hydrogen (secondary N) is 3. The molecule has 3 nitrogen and oxygen atoms in total. The van der Waals surface area contributed by atoms with Crippen molar-refractivity contribution in [3.05, 3.63) is 51.1 Å². The number of likely N-dealkylation sites (N-methyl/N-ethyl adjacent to an activating group) is 1. The van der Waals surface area contributed by atoms with Crippen molar-refractivity contribution < 1.29 is 4.90 Å². The molecule has 21 heavy (non-hydrogen) atoms. The van der Waals surface area contributed by atoms with Gasteiger partial charge in [-0.3, -0.25) is 0 Å². The number of benzene rings is 1. The van der Waals surface area contributed by atoms with E-state index in [1.54, 1.807) is 11.3 Å². The van der Waals surface area contributed by atoms with Gasteiger partial charge < -0.3 is 15.5 Å². The quantitative estimate of drug-likeness (QED) is 0.692. The van der Waals surface area contributed by atoms with Crippen LogP contribution in [0.15, 0.2) is 46.3 Å². The van der Waals surface area contributed by atoms with E-state index >= 15 is 0 Å². The first kappa shape index (κ1) is 16.4. The first-order chi connectivity index (χ1) is 10.1. The minimum absolute atomic E-state index is 0.396. The third-order valence-corrected chi connectivity index (χ3v) is 4.86. The first-order valence-electron chi connectivity index (χ1n) is 6.70. The Morgan fingerprint density at radius 3 is 2.76 bits per heavy atom. The maximum Gasteiger partial charge on any atom is 0.171 e. The predicted molar refractivity (Wildman–Crippen MR) is 98.2 cm³/mol. The van der Waals surface area contributed by atoms with Crippen molar-refractivity contribution in [1.82, 2.24) is 5.32 Å². The maximum absolute atomic E-state index is 5.37. The Kier molecular flexibility index (Phi) is 6.17. The molecule has 112 valence electrons. The van der Waals surface area contributed by atoms with Crippen LogP contribution in [0.5, 0.6) is 0 Å². The Labute approximate surface area is 143 Å². The van der Waals surface area contributed by atoms with Crippen molar-refractivity contribution in [2.45, 2.75) is 6.04 Å². The molecule has 0 aliphatic heterocycles. The lowest BCUT2D eigenvalue weighted by atomic mass is 10.2. The molecule has 0 fully saturated rings. The number of thiocarbonyl (C=S) groups is 1. The molecule has 0 saturated heterocycles. The zero-order valence-corrected chi connectivity index (χ0v) is 15.2. The van der Waals surface area contributed by atoms with Gasteiger partial charge >= 0.3 is 0 Å². The smallest absolute Gasteiger partial charge is 0.171 e. The molecule has 0 aliphatic carbocycles. The second-order valence-electron chi connectivity index (χ2n) is 4.99. The van der Waals surface area contributed by atoms with Gasteiger partial charge in [0.2, 0.25) is 0 Å². The summed E-state index contributed by atoms with van der Waals surface area (Å²) in [7, 11) is 4.33. The molecule has 1 heterocycles. The number of rotatable bonds is 5. The van der Waals surface area contributed by atoms with Crippen LogP contribution in [0.1, 0.15) is 10.9 Å². The summed E-state index contributed by atoms with van der Waals surface area (Å²) < 4.78 is 1.03. The summed E-state index contributed by atoms with van der Waals surface area (Å²) in [5, 5.41) is 9.28. The van der Waals surface area contributed by atoms with Crippen molar-refractivity contribution in [2.24, 2.45) is 0 Å². The van der Waals surface area contributed by atoms with Crippen LogP contribution in [0, 0.1) is 0 Å². The first-order valence-corrected chi connectivity index (χ1v) is 8.78. The highest BCUT2D eigenvalue weighted by atomic mass is 79.9. The van der Waals surface area contributed by atoms with Gasteiger partial charge in [0.1, 0.15) is 6.04 Å². The number of hydrogen-bond acceptors (Lipinski definition) is 2. The molecular formula is C15H19BrN3S2+. The Bertz CT molecular complexity index is 584. The summed E-state index contributed by atoms with van der Waals surface area (Å²) >= 11 is 10.6. The average molecular weight is 385 g/mol. The molecule has 6 heteroatoms. The van der Waals surface area contributed by atoms with Gasteiger partial charge in [-0.2, -0.15) is 0 Å². The molecule has 0 amide bonds. The van der Waals surface area contributed by atoms with Gasteiger partial charge in [0.25, 0.3) is 0 Å². The van der Waals surface area contributed by atoms with Crippen LogP contribution in [-0.4, -0.2) is 25.8 Å². The summed E-state index contributed by atoms with van der Waals surface area (Å²) in [5.74, 6) is 0. The molecule has 2 aromatic rings. The summed E-state index contributed by atoms with van der Waals surface area (Å²) in [6, 6.07) is 12.6. The molecule has 0 radical (unpaired) electrons. The fraction of sp³-hybridized carbons (Fsp3) is 0.267. The van der Waals surface area contributed by atoms with Crippen molar-refractivity contribution >= 4 is 50.3 Å². The molecule has 1 aromatic heterocycles. The highest BCUT2D eigenvalue weighted by molar-refractivity contribution is 9.10. The van der Waals surface area contributed by atoms with Gasteiger partial charge in [0.05, 0.1) is 25.5 Å². The lowest BCUT2D eigenvalue weighted by Gasteiger charge is -2.21. The number of quaternary nitrogens is 1. The third-order valence-electron chi connectivity index (χ3n) is 3.13. The summed E-state index contributed by atoms with van der Waals surface area (Å²) in [6.45, 7) is 0.808. The molecule has 0 aliphatic rings. The van der Waals surface area contributed by atoms with Gasteiger partial charge in [0.15, 0.2) is 5.11 Å². The lowest BCUT2D eigenvalue weighted by molar-refractivity contribution is -0.890. The molecule has 2 rings (SSSR count). The van der Waals surface area contributed by atoms with Crippen LogP contribution >= 0.6 is 39.5 Å². The predicted octanol–water partition coefficient (Wildman–Crippen LogP) is 2.68. The van der Waals surface area contributed by atoms with Gasteiger partial charge in [-0.15, -0.1) is 11.3 Å². The van der Waals surface area contributed by atoms with Crippen molar-refractivity contribution in [2.75, 3.05) is 26.0 Å². The van der Waals surface area contributed by atoms with E-state index in [0.29, 0.717) is 11.2 Å². The summed E-state index contributed by atoms with van der Waals surface area (Å²) in [5.41, 5.74) is 0.978. The Morgan fingerprint density at radius 2 is 2.14 bits per heavy atom. The Hall–Kier alpha value is -0.950. The molecule has 0 spiro atoms. The number of thiophene rings is 1. The lowest BCUT2D eigenvalue weighted by Crippen LogP contribution is -3.06. The minimum Gasteiger partial charge on any atom is -0.356 e. The van der Waals surface area contributed by atoms with Crippen LogP contribution in [0.2, 0.25) is 0 Å². The molecule has 0 bridgehead atoms. The van der Waals surface area contributed by atoms with Crippen LogP contribution in [0.25, 0.3) is 0 Å². The molecule has 1 atom stereocenters. The van der Waals surface area contributed by atoms with E-state index in [2.05, 4.69) is 58.2 Å². The van der Waals surface area contributed by atoms with Gasteiger partial charge in [-0.25, -0.2) is 0 Å². The average Bonchev–Trinajstić information content (AvgIpc) is 2.92. The molecule has 1 aromatic carbocycles. The Balaban J connectivity index is 1.90. The number of hydrogen-bond donors (Lipinski definition) is 3. The number of halogens is 1. The zero-order valence-electron chi connectivity index (χ0n) is 12.0. The van der Waals surface area contributed by atoms with E-state index in [9.17, 15) is 0 Å². The third kappa shape index (κ3) is 5.07. The SMILES string of the molecule is C[NH+](C)[C@H](CNC(=S)Nc1cccc(Br)c1)c1cccs1. The second kappa shape index (κ2) is 7.89. The fourth-order valence-electron chi connectivity index (χ4n) is 2.02. The van der Waals surface area contributed by atoms with Crippen molar-refractivity contribution in [3.8, 4) is 0 Å². The van der Waals surface area contributed by atoms with Crippen molar-refractivity contribution in [1.29, 1.82) is 0 Å².